The van der Waals surface area contributed by atoms with E-state index < -0.39 is 23.8 Å². The Morgan fingerprint density at radius 1 is 0.850 bits per heavy atom. The number of benzene rings is 3. The first-order valence-electron chi connectivity index (χ1n) is 12.0. The van der Waals surface area contributed by atoms with E-state index in [2.05, 4.69) is 37.9 Å². The van der Waals surface area contributed by atoms with Gasteiger partial charge in [0.25, 0.3) is 0 Å². The Hall–Kier alpha value is -3.14. The van der Waals surface area contributed by atoms with Crippen molar-refractivity contribution >= 4 is 73.1 Å². The molecule has 0 bridgehead atoms. The predicted octanol–water partition coefficient (Wildman–Crippen LogP) is 8.51. The van der Waals surface area contributed by atoms with E-state index in [1.807, 2.05) is 42.5 Å². The van der Waals surface area contributed by atoms with Crippen LogP contribution in [0.25, 0.3) is 6.08 Å². The fourth-order valence-electron chi connectivity index (χ4n) is 3.52. The number of hydrogen-bond acceptors (Lipinski definition) is 6. The molecule has 0 aliphatic carbocycles. The minimum Gasteiger partial charge on any atom is -0.465 e. The standard InChI is InChI=1S/C18H14BrCl2NO2.C12H10BrNO2/c1-2-24-18(23)14(10-22)17(11-3-6-13(19)7-4-11)12-5-8-15(20)16(21)9-12;1-2-16-12(15)10(8-14)7-9-3-5-11(13)6-4-9/h3-9,14,17H,2H2,1H3;3-7H,2H2,1H3/b;10-7+. The van der Waals surface area contributed by atoms with Gasteiger partial charge in [0.1, 0.15) is 11.6 Å². The predicted molar refractivity (Wildman–Crippen MR) is 163 cm³/mol. The van der Waals surface area contributed by atoms with Crippen LogP contribution in [0.3, 0.4) is 0 Å². The number of carbonyl (C=O) groups excluding carboxylic acids is 2. The van der Waals surface area contributed by atoms with Gasteiger partial charge in [-0.1, -0.05) is 85.4 Å². The van der Waals surface area contributed by atoms with E-state index in [1.165, 1.54) is 6.08 Å². The van der Waals surface area contributed by atoms with Gasteiger partial charge in [-0.15, -0.1) is 0 Å². The van der Waals surface area contributed by atoms with Gasteiger partial charge in [0.15, 0.2) is 5.92 Å². The maximum atomic E-state index is 12.3. The summed E-state index contributed by atoms with van der Waals surface area (Å²) in [4.78, 5) is 23.6. The number of ether oxygens (including phenoxy) is 2. The third kappa shape index (κ3) is 9.80. The van der Waals surface area contributed by atoms with E-state index in [1.54, 1.807) is 44.2 Å². The molecule has 0 aliphatic rings. The van der Waals surface area contributed by atoms with Crippen LogP contribution >= 0.6 is 55.1 Å². The highest BCUT2D eigenvalue weighted by molar-refractivity contribution is 9.10. The van der Waals surface area contributed by atoms with Crippen LogP contribution in [0.15, 0.2) is 81.2 Å². The highest BCUT2D eigenvalue weighted by Gasteiger charge is 2.32. The SMILES string of the molecule is CCOC(=O)/C(C#N)=C/c1ccc(Br)cc1.CCOC(=O)C(C#N)C(c1ccc(Br)cc1)c1ccc(Cl)c(Cl)c1. The molecule has 2 atom stereocenters. The van der Waals surface area contributed by atoms with E-state index in [-0.39, 0.29) is 18.8 Å². The molecule has 0 saturated heterocycles. The Bertz CT molecular complexity index is 1430. The Kier molecular flexibility index (Phi) is 13.9. The van der Waals surface area contributed by atoms with E-state index in [0.29, 0.717) is 10.0 Å². The van der Waals surface area contributed by atoms with Crippen molar-refractivity contribution in [3.8, 4) is 12.1 Å². The van der Waals surface area contributed by atoms with Gasteiger partial charge in [0, 0.05) is 14.9 Å². The Morgan fingerprint density at radius 2 is 1.40 bits per heavy atom. The molecule has 6 nitrogen and oxygen atoms in total. The average Bonchev–Trinajstić information content (AvgIpc) is 2.94. The van der Waals surface area contributed by atoms with Crippen LogP contribution < -0.4 is 0 Å². The molecule has 0 amide bonds. The number of nitrogens with zero attached hydrogens (tertiary/aromatic N) is 2. The average molecular weight is 707 g/mol. The highest BCUT2D eigenvalue weighted by atomic mass is 79.9. The molecule has 0 saturated carbocycles. The number of esters is 2. The minimum absolute atomic E-state index is 0.00386. The van der Waals surface area contributed by atoms with Gasteiger partial charge >= 0.3 is 11.9 Å². The molecule has 0 aliphatic heterocycles. The first kappa shape index (κ1) is 33.1. The lowest BCUT2D eigenvalue weighted by Gasteiger charge is -2.22. The molecule has 0 N–H and O–H groups in total. The van der Waals surface area contributed by atoms with Crippen molar-refractivity contribution in [2.24, 2.45) is 5.92 Å². The monoisotopic (exact) mass is 704 g/mol. The zero-order chi connectivity index (χ0) is 29.7. The van der Waals surface area contributed by atoms with Gasteiger partial charge in [-0.3, -0.25) is 4.79 Å². The summed E-state index contributed by atoms with van der Waals surface area (Å²) in [5, 5.41) is 19.2. The first-order chi connectivity index (χ1) is 19.1. The molecule has 3 rings (SSSR count). The number of nitriles is 2. The Labute approximate surface area is 260 Å². The number of carbonyl (C=O) groups is 2. The van der Waals surface area contributed by atoms with Crippen molar-refractivity contribution in [2.45, 2.75) is 19.8 Å². The van der Waals surface area contributed by atoms with Gasteiger partial charge in [-0.2, -0.15) is 10.5 Å². The molecule has 3 aromatic carbocycles. The number of hydrogen-bond donors (Lipinski definition) is 0. The van der Waals surface area contributed by atoms with E-state index in [4.69, 9.17) is 37.9 Å². The summed E-state index contributed by atoms with van der Waals surface area (Å²) in [5.74, 6) is -2.63. The van der Waals surface area contributed by atoms with Gasteiger partial charge in [-0.25, -0.2) is 4.79 Å². The lowest BCUT2D eigenvalue weighted by molar-refractivity contribution is -0.146. The van der Waals surface area contributed by atoms with Crippen molar-refractivity contribution in [1.82, 2.24) is 0 Å². The quantitative estimate of drug-likeness (QED) is 0.132. The van der Waals surface area contributed by atoms with Crippen LogP contribution in [-0.4, -0.2) is 25.2 Å². The van der Waals surface area contributed by atoms with Gasteiger partial charge in [-0.05, 0) is 73.0 Å². The smallest absolute Gasteiger partial charge is 0.348 e. The molecule has 40 heavy (non-hydrogen) atoms. The lowest BCUT2D eigenvalue weighted by Crippen LogP contribution is -2.24. The molecule has 2 unspecified atom stereocenters. The van der Waals surface area contributed by atoms with Crippen molar-refractivity contribution < 1.29 is 19.1 Å². The molecule has 0 heterocycles. The zero-order valence-corrected chi connectivity index (χ0v) is 26.2. The summed E-state index contributed by atoms with van der Waals surface area (Å²) < 4.78 is 11.7. The second-order valence-corrected chi connectivity index (χ2v) is 10.6. The zero-order valence-electron chi connectivity index (χ0n) is 21.5. The molecule has 3 aromatic rings. The van der Waals surface area contributed by atoms with E-state index in [0.717, 1.165) is 25.6 Å². The molecule has 0 fully saturated rings. The van der Waals surface area contributed by atoms with Gasteiger partial charge in [0.05, 0.1) is 29.3 Å². The fraction of sp³-hybridized carbons (Fsp3) is 0.200. The van der Waals surface area contributed by atoms with Gasteiger partial charge in [0.2, 0.25) is 0 Å². The van der Waals surface area contributed by atoms with Crippen LogP contribution in [0.5, 0.6) is 0 Å². The second-order valence-electron chi connectivity index (χ2n) is 8.00. The molecule has 0 spiro atoms. The molecule has 206 valence electrons. The first-order valence-corrected chi connectivity index (χ1v) is 14.3. The van der Waals surface area contributed by atoms with Crippen LogP contribution in [-0.2, 0) is 19.1 Å². The fourth-order valence-corrected chi connectivity index (χ4v) is 4.36. The summed E-state index contributed by atoms with van der Waals surface area (Å²) in [6.07, 6.45) is 1.50. The second kappa shape index (κ2) is 16.8. The van der Waals surface area contributed by atoms with Gasteiger partial charge < -0.3 is 9.47 Å². The topological polar surface area (TPSA) is 100 Å². The molecule has 0 radical (unpaired) electrons. The maximum Gasteiger partial charge on any atom is 0.348 e. The largest absolute Gasteiger partial charge is 0.465 e. The minimum atomic E-state index is -0.983. The van der Waals surface area contributed by atoms with Crippen molar-refractivity contribution in [1.29, 1.82) is 10.5 Å². The van der Waals surface area contributed by atoms with Crippen molar-refractivity contribution in [3.63, 3.8) is 0 Å². The Morgan fingerprint density at radius 3 is 1.90 bits per heavy atom. The summed E-state index contributed by atoms with van der Waals surface area (Å²) in [5.41, 5.74) is 2.33. The molecular formula is C30H24Br2Cl2N2O4. The Balaban J connectivity index is 0.000000305. The third-order valence-electron chi connectivity index (χ3n) is 5.34. The summed E-state index contributed by atoms with van der Waals surface area (Å²) in [6.45, 7) is 3.89. The molecule has 10 heteroatoms. The van der Waals surface area contributed by atoms with E-state index >= 15 is 0 Å². The molecule has 0 aromatic heterocycles. The van der Waals surface area contributed by atoms with Crippen LogP contribution in [0, 0.1) is 28.6 Å². The summed E-state index contributed by atoms with van der Waals surface area (Å²) >= 11 is 18.8. The van der Waals surface area contributed by atoms with Crippen LogP contribution in [0.1, 0.15) is 36.5 Å². The number of halogens is 4. The highest BCUT2D eigenvalue weighted by Crippen LogP contribution is 2.36. The summed E-state index contributed by atoms with van der Waals surface area (Å²) in [7, 11) is 0. The maximum absolute atomic E-state index is 12.3. The lowest BCUT2D eigenvalue weighted by atomic mass is 9.81. The number of rotatable bonds is 8. The third-order valence-corrected chi connectivity index (χ3v) is 7.14. The van der Waals surface area contributed by atoms with Crippen molar-refractivity contribution in [2.75, 3.05) is 13.2 Å². The van der Waals surface area contributed by atoms with Crippen LogP contribution in [0.2, 0.25) is 10.0 Å². The van der Waals surface area contributed by atoms with E-state index in [9.17, 15) is 14.9 Å². The molecular weight excluding hydrogens is 683 g/mol. The normalized spacial score (nSPS) is 12.1. The van der Waals surface area contributed by atoms with Crippen molar-refractivity contribution in [3.05, 3.63) is 108 Å². The van der Waals surface area contributed by atoms with Crippen LogP contribution in [0.4, 0.5) is 0 Å². The summed E-state index contributed by atoms with van der Waals surface area (Å²) in [6, 6.07) is 23.7.